The van der Waals surface area contributed by atoms with Crippen molar-refractivity contribution in [3.63, 3.8) is 0 Å². The van der Waals surface area contributed by atoms with Gasteiger partial charge in [0.15, 0.2) is 0 Å². The fourth-order valence-corrected chi connectivity index (χ4v) is 1.50. The van der Waals surface area contributed by atoms with Crippen molar-refractivity contribution in [2.24, 2.45) is 0 Å². The van der Waals surface area contributed by atoms with E-state index in [0.717, 1.165) is 16.5 Å². The maximum atomic E-state index is 11.0. The van der Waals surface area contributed by atoms with E-state index in [1.54, 1.807) is 6.92 Å². The van der Waals surface area contributed by atoms with E-state index in [0.29, 0.717) is 6.42 Å². The summed E-state index contributed by atoms with van der Waals surface area (Å²) in [5.41, 5.74) is 3.49. The molecule has 0 heterocycles. The van der Waals surface area contributed by atoms with Gasteiger partial charge in [0.05, 0.1) is 5.69 Å². The molecule has 1 N–H and O–H groups in total. The van der Waals surface area contributed by atoms with Crippen LogP contribution >= 0.6 is 0 Å². The summed E-state index contributed by atoms with van der Waals surface area (Å²) < 4.78 is 0. The second kappa shape index (κ2) is 4.66. The zero-order chi connectivity index (χ0) is 11.4. The van der Waals surface area contributed by atoms with Crippen LogP contribution in [0.5, 0.6) is 0 Å². The fourth-order valence-electron chi connectivity index (χ4n) is 1.50. The molecule has 0 amide bonds. The van der Waals surface area contributed by atoms with Crippen LogP contribution in [-0.2, 0) is 9.63 Å². The monoisotopic (exact) mass is 215 g/mol. The van der Waals surface area contributed by atoms with Gasteiger partial charge in [0.25, 0.3) is 0 Å². The summed E-state index contributed by atoms with van der Waals surface area (Å²) in [6.07, 6.45) is 0.359. The number of hydrogen-bond acceptors (Lipinski definition) is 3. The zero-order valence-corrected chi connectivity index (χ0v) is 9.07. The smallest absolute Gasteiger partial charge is 0.331 e. The van der Waals surface area contributed by atoms with Crippen molar-refractivity contribution in [2.75, 3.05) is 5.48 Å². The molecule has 0 atom stereocenters. The first-order valence-electron chi connectivity index (χ1n) is 5.24. The molecule has 0 saturated heterocycles. The fraction of sp³-hybridized carbons (Fsp3) is 0.154. The Hall–Kier alpha value is -2.03. The van der Waals surface area contributed by atoms with Gasteiger partial charge in [0, 0.05) is 11.8 Å². The Morgan fingerprint density at radius 1 is 1.19 bits per heavy atom. The predicted molar refractivity (Wildman–Crippen MR) is 64.0 cm³/mol. The van der Waals surface area contributed by atoms with Gasteiger partial charge in [0.2, 0.25) is 0 Å². The average Bonchev–Trinajstić information content (AvgIpc) is 2.35. The van der Waals surface area contributed by atoms with Gasteiger partial charge in [-0.25, -0.2) is 10.3 Å². The Morgan fingerprint density at radius 2 is 1.94 bits per heavy atom. The summed E-state index contributed by atoms with van der Waals surface area (Å²) in [6.45, 7) is 1.76. The van der Waals surface area contributed by atoms with Crippen LogP contribution in [0, 0.1) is 0 Å². The third kappa shape index (κ3) is 2.14. The molecule has 0 fully saturated rings. The van der Waals surface area contributed by atoms with Crippen LogP contribution in [0.4, 0.5) is 5.69 Å². The topological polar surface area (TPSA) is 38.3 Å². The molecule has 16 heavy (non-hydrogen) atoms. The van der Waals surface area contributed by atoms with Gasteiger partial charge in [-0.2, -0.15) is 0 Å². The standard InChI is InChI=1S/C13H13NO2/c1-2-13(15)16-14-12-9-5-7-10-6-3-4-8-11(10)12/h3-9,14H,2H2,1H3. The van der Waals surface area contributed by atoms with Gasteiger partial charge in [0.1, 0.15) is 0 Å². The molecular weight excluding hydrogens is 202 g/mol. The highest BCUT2D eigenvalue weighted by Gasteiger charge is 2.02. The number of rotatable bonds is 3. The molecule has 3 heteroatoms. The van der Waals surface area contributed by atoms with Crippen LogP contribution < -0.4 is 5.48 Å². The highest BCUT2D eigenvalue weighted by atomic mass is 16.7. The SMILES string of the molecule is CCC(=O)ONc1cccc2ccccc12. The van der Waals surface area contributed by atoms with E-state index in [1.165, 1.54) is 0 Å². The van der Waals surface area contributed by atoms with E-state index < -0.39 is 0 Å². The summed E-state index contributed by atoms with van der Waals surface area (Å²) >= 11 is 0. The minimum absolute atomic E-state index is 0.270. The van der Waals surface area contributed by atoms with E-state index in [1.807, 2.05) is 42.5 Å². The van der Waals surface area contributed by atoms with E-state index in [4.69, 9.17) is 4.84 Å². The lowest BCUT2D eigenvalue weighted by Gasteiger charge is -2.08. The number of anilines is 1. The van der Waals surface area contributed by atoms with E-state index >= 15 is 0 Å². The maximum absolute atomic E-state index is 11.0. The lowest BCUT2D eigenvalue weighted by atomic mass is 10.1. The number of benzene rings is 2. The number of carbonyl (C=O) groups is 1. The van der Waals surface area contributed by atoms with Crippen molar-refractivity contribution >= 4 is 22.4 Å². The number of carbonyl (C=O) groups excluding carboxylic acids is 1. The summed E-state index contributed by atoms with van der Waals surface area (Å²) in [4.78, 5) is 15.9. The minimum atomic E-state index is -0.270. The molecule has 2 aromatic carbocycles. The molecule has 82 valence electrons. The number of fused-ring (bicyclic) bond motifs is 1. The Balaban J connectivity index is 2.27. The highest BCUT2D eigenvalue weighted by Crippen LogP contribution is 2.22. The molecule has 0 radical (unpaired) electrons. The quantitative estimate of drug-likeness (QED) is 0.799. The Morgan fingerprint density at radius 3 is 2.75 bits per heavy atom. The second-order valence-electron chi connectivity index (χ2n) is 3.46. The molecule has 0 spiro atoms. The first-order valence-corrected chi connectivity index (χ1v) is 5.24. The molecule has 2 aromatic rings. The molecule has 0 saturated carbocycles. The summed E-state index contributed by atoms with van der Waals surface area (Å²) in [6, 6.07) is 13.7. The van der Waals surface area contributed by atoms with Gasteiger partial charge in [-0.3, -0.25) is 0 Å². The van der Waals surface area contributed by atoms with Crippen molar-refractivity contribution in [1.29, 1.82) is 0 Å². The van der Waals surface area contributed by atoms with Crippen molar-refractivity contribution in [1.82, 2.24) is 0 Å². The van der Waals surface area contributed by atoms with Crippen LogP contribution in [0.15, 0.2) is 42.5 Å². The maximum Gasteiger partial charge on any atom is 0.331 e. The van der Waals surface area contributed by atoms with Crippen LogP contribution in [0.25, 0.3) is 10.8 Å². The van der Waals surface area contributed by atoms with Crippen LogP contribution in [-0.4, -0.2) is 5.97 Å². The van der Waals surface area contributed by atoms with Crippen LogP contribution in [0.1, 0.15) is 13.3 Å². The molecule has 0 aliphatic carbocycles. The van der Waals surface area contributed by atoms with Crippen molar-refractivity contribution in [2.45, 2.75) is 13.3 Å². The molecule has 3 nitrogen and oxygen atoms in total. The van der Waals surface area contributed by atoms with Crippen molar-refractivity contribution < 1.29 is 9.63 Å². The average molecular weight is 215 g/mol. The van der Waals surface area contributed by atoms with Gasteiger partial charge in [-0.15, -0.1) is 0 Å². The molecule has 0 aliphatic heterocycles. The van der Waals surface area contributed by atoms with Crippen molar-refractivity contribution in [3.8, 4) is 0 Å². The molecule has 0 unspecified atom stereocenters. The Bertz CT molecular complexity index is 503. The summed E-state index contributed by atoms with van der Waals surface area (Å²) in [7, 11) is 0. The van der Waals surface area contributed by atoms with Gasteiger partial charge >= 0.3 is 5.97 Å². The van der Waals surface area contributed by atoms with E-state index in [2.05, 4.69) is 5.48 Å². The van der Waals surface area contributed by atoms with E-state index in [-0.39, 0.29) is 5.97 Å². The molecular formula is C13H13NO2. The minimum Gasteiger partial charge on any atom is -0.343 e. The molecule has 0 aromatic heterocycles. The summed E-state index contributed by atoms with van der Waals surface area (Å²) in [5, 5.41) is 2.15. The lowest BCUT2D eigenvalue weighted by molar-refractivity contribution is -0.140. The molecule has 0 aliphatic rings. The second-order valence-corrected chi connectivity index (χ2v) is 3.46. The Kier molecular flexibility index (Phi) is 3.05. The van der Waals surface area contributed by atoms with Gasteiger partial charge in [-0.05, 0) is 11.5 Å². The molecule has 2 rings (SSSR count). The molecule has 0 bridgehead atoms. The third-order valence-electron chi connectivity index (χ3n) is 2.35. The van der Waals surface area contributed by atoms with Crippen LogP contribution in [0.2, 0.25) is 0 Å². The summed E-state index contributed by atoms with van der Waals surface area (Å²) in [5.74, 6) is -0.270. The van der Waals surface area contributed by atoms with Gasteiger partial charge in [-0.1, -0.05) is 43.3 Å². The Labute approximate surface area is 94.0 Å². The van der Waals surface area contributed by atoms with Gasteiger partial charge < -0.3 is 4.84 Å². The zero-order valence-electron chi connectivity index (χ0n) is 9.07. The first kappa shape index (κ1) is 10.5. The lowest BCUT2D eigenvalue weighted by Crippen LogP contribution is -2.08. The number of hydrogen-bond donors (Lipinski definition) is 1. The van der Waals surface area contributed by atoms with Crippen molar-refractivity contribution in [3.05, 3.63) is 42.5 Å². The number of nitrogens with one attached hydrogen (secondary N) is 1. The largest absolute Gasteiger partial charge is 0.343 e. The third-order valence-corrected chi connectivity index (χ3v) is 2.35. The predicted octanol–water partition coefficient (Wildman–Crippen LogP) is 3.12. The first-order chi connectivity index (χ1) is 7.81. The van der Waals surface area contributed by atoms with E-state index in [9.17, 15) is 4.79 Å². The highest BCUT2D eigenvalue weighted by molar-refractivity contribution is 5.93. The van der Waals surface area contributed by atoms with Crippen LogP contribution in [0.3, 0.4) is 0 Å². The normalized spacial score (nSPS) is 10.1.